The van der Waals surface area contributed by atoms with Gasteiger partial charge in [0.1, 0.15) is 0 Å². The number of hydrogen-bond donors (Lipinski definition) is 1. The molecule has 1 aliphatic heterocycles. The fourth-order valence-electron chi connectivity index (χ4n) is 4.36. The summed E-state index contributed by atoms with van der Waals surface area (Å²) < 4.78 is 0. The molecule has 2 heterocycles. The van der Waals surface area contributed by atoms with Crippen LogP contribution in [0.5, 0.6) is 0 Å². The second-order valence-electron chi connectivity index (χ2n) is 7.39. The van der Waals surface area contributed by atoms with Crippen LogP contribution in [-0.4, -0.2) is 37.2 Å². The Labute approximate surface area is 147 Å². The Morgan fingerprint density at radius 1 is 1.16 bits per heavy atom. The van der Waals surface area contributed by atoms with Gasteiger partial charge in [0.25, 0.3) is 0 Å². The van der Waals surface area contributed by atoms with Crippen molar-refractivity contribution in [1.29, 1.82) is 0 Å². The molecule has 1 aromatic carbocycles. The van der Waals surface area contributed by atoms with Gasteiger partial charge in [0.2, 0.25) is 0 Å². The third-order valence-corrected chi connectivity index (χ3v) is 6.18. The molecule has 130 valence electrons. The van der Waals surface area contributed by atoms with Crippen molar-refractivity contribution in [2.45, 2.75) is 25.7 Å². The van der Waals surface area contributed by atoms with Crippen LogP contribution < -0.4 is 10.6 Å². The molecule has 2 N–H and O–H groups in total. The van der Waals surface area contributed by atoms with Crippen molar-refractivity contribution < 1.29 is 9.59 Å². The van der Waals surface area contributed by atoms with E-state index in [1.807, 2.05) is 6.07 Å². The number of pyridine rings is 1. The third-order valence-electron chi connectivity index (χ3n) is 6.18. The van der Waals surface area contributed by atoms with Gasteiger partial charge in [-0.3, -0.25) is 14.6 Å². The molecule has 5 heteroatoms. The number of hydrogen-bond acceptors (Lipinski definition) is 5. The SMILES string of the molecule is NCC1(C2CCN(c3ccnc4cc(C=O)c(C=O)cc34)CC2)CC1. The first-order chi connectivity index (χ1) is 12.2. The van der Waals surface area contributed by atoms with Gasteiger partial charge in [-0.2, -0.15) is 0 Å². The molecular weight excluding hydrogens is 314 g/mol. The second-order valence-corrected chi connectivity index (χ2v) is 7.39. The van der Waals surface area contributed by atoms with Crippen LogP contribution in [0.25, 0.3) is 10.9 Å². The molecule has 1 saturated heterocycles. The number of rotatable bonds is 5. The Bertz CT molecular complexity index is 821. The van der Waals surface area contributed by atoms with Crippen LogP contribution in [0.15, 0.2) is 24.4 Å². The minimum absolute atomic E-state index is 0.393. The summed E-state index contributed by atoms with van der Waals surface area (Å²) in [6.07, 6.45) is 8.12. The van der Waals surface area contributed by atoms with Crippen molar-refractivity contribution in [1.82, 2.24) is 4.98 Å². The average molecular weight is 337 g/mol. The summed E-state index contributed by atoms with van der Waals surface area (Å²) in [5.41, 5.74) is 9.08. The van der Waals surface area contributed by atoms with Gasteiger partial charge in [-0.25, -0.2) is 0 Å². The predicted octanol–water partition coefficient (Wildman–Crippen LogP) is 2.82. The molecule has 0 spiro atoms. The number of benzene rings is 1. The molecule has 2 fully saturated rings. The molecule has 1 saturated carbocycles. The summed E-state index contributed by atoms with van der Waals surface area (Å²) in [4.78, 5) is 29.2. The number of aromatic nitrogens is 1. The standard InChI is InChI=1S/C20H23N3O2/c21-13-20(4-5-20)16-2-7-23(8-3-16)19-1-6-22-18-10-15(12-25)14(11-24)9-17(18)19/h1,6,9-12,16H,2-5,7-8,13,21H2. The molecule has 2 aliphatic rings. The normalized spacial score (nSPS) is 19.8. The number of carbonyl (C=O) groups is 2. The maximum Gasteiger partial charge on any atom is 0.150 e. The van der Waals surface area contributed by atoms with E-state index in [9.17, 15) is 9.59 Å². The Kier molecular flexibility index (Phi) is 4.04. The summed E-state index contributed by atoms with van der Waals surface area (Å²) in [5, 5.41) is 0.939. The van der Waals surface area contributed by atoms with Gasteiger partial charge in [-0.05, 0) is 61.8 Å². The lowest BCUT2D eigenvalue weighted by Crippen LogP contribution is -2.38. The second kappa shape index (κ2) is 6.23. The van der Waals surface area contributed by atoms with E-state index in [0.29, 0.717) is 22.8 Å². The van der Waals surface area contributed by atoms with E-state index in [4.69, 9.17) is 5.73 Å². The first-order valence-electron chi connectivity index (χ1n) is 8.99. The minimum Gasteiger partial charge on any atom is -0.371 e. The number of piperidine rings is 1. The van der Waals surface area contributed by atoms with Gasteiger partial charge in [0.05, 0.1) is 5.52 Å². The zero-order chi connectivity index (χ0) is 17.4. The summed E-state index contributed by atoms with van der Waals surface area (Å²) in [7, 11) is 0. The molecule has 25 heavy (non-hydrogen) atoms. The number of anilines is 1. The molecule has 5 nitrogen and oxygen atoms in total. The maximum atomic E-state index is 11.3. The minimum atomic E-state index is 0.393. The van der Waals surface area contributed by atoms with Crippen molar-refractivity contribution in [3.63, 3.8) is 0 Å². The zero-order valence-corrected chi connectivity index (χ0v) is 14.3. The number of fused-ring (bicyclic) bond motifs is 1. The van der Waals surface area contributed by atoms with Crippen molar-refractivity contribution in [3.8, 4) is 0 Å². The molecule has 1 aliphatic carbocycles. The van der Waals surface area contributed by atoms with E-state index < -0.39 is 0 Å². The highest BCUT2D eigenvalue weighted by Gasteiger charge is 2.48. The molecule has 4 rings (SSSR count). The van der Waals surface area contributed by atoms with E-state index >= 15 is 0 Å². The van der Waals surface area contributed by atoms with Crippen LogP contribution in [-0.2, 0) is 0 Å². The lowest BCUT2D eigenvalue weighted by atomic mass is 9.81. The van der Waals surface area contributed by atoms with Gasteiger partial charge in [-0.15, -0.1) is 0 Å². The van der Waals surface area contributed by atoms with Crippen LogP contribution in [0.3, 0.4) is 0 Å². The van der Waals surface area contributed by atoms with Gasteiger partial charge < -0.3 is 10.6 Å². The molecule has 0 amide bonds. The zero-order valence-electron chi connectivity index (χ0n) is 14.3. The fourth-order valence-corrected chi connectivity index (χ4v) is 4.36. The van der Waals surface area contributed by atoms with Crippen LogP contribution in [0, 0.1) is 11.3 Å². The summed E-state index contributed by atoms with van der Waals surface area (Å²) in [5.74, 6) is 0.731. The third kappa shape index (κ3) is 2.72. The van der Waals surface area contributed by atoms with Gasteiger partial charge in [-0.1, -0.05) is 0 Å². The summed E-state index contributed by atoms with van der Waals surface area (Å²) >= 11 is 0. The van der Waals surface area contributed by atoms with E-state index in [-0.39, 0.29) is 0 Å². The molecular formula is C20H23N3O2. The molecule has 0 unspecified atom stereocenters. The van der Waals surface area contributed by atoms with Crippen LogP contribution in [0.4, 0.5) is 5.69 Å². The van der Waals surface area contributed by atoms with Crippen LogP contribution in [0.2, 0.25) is 0 Å². The maximum absolute atomic E-state index is 11.3. The van der Waals surface area contributed by atoms with Crippen LogP contribution >= 0.6 is 0 Å². The molecule has 2 aromatic rings. The molecule has 0 bridgehead atoms. The van der Waals surface area contributed by atoms with Crippen molar-refractivity contribution in [2.75, 3.05) is 24.5 Å². The first-order valence-corrected chi connectivity index (χ1v) is 8.99. The predicted molar refractivity (Wildman–Crippen MR) is 98.2 cm³/mol. The average Bonchev–Trinajstić information content (AvgIpc) is 3.48. The van der Waals surface area contributed by atoms with Gasteiger partial charge >= 0.3 is 0 Å². The highest BCUT2D eigenvalue weighted by molar-refractivity contribution is 6.01. The highest BCUT2D eigenvalue weighted by Crippen LogP contribution is 2.54. The van der Waals surface area contributed by atoms with Crippen LogP contribution in [0.1, 0.15) is 46.4 Å². The largest absolute Gasteiger partial charge is 0.371 e. The first kappa shape index (κ1) is 16.2. The van der Waals surface area contributed by atoms with E-state index in [2.05, 4.69) is 9.88 Å². The Morgan fingerprint density at radius 3 is 2.44 bits per heavy atom. The number of nitrogens with two attached hydrogens (primary N) is 1. The molecule has 0 atom stereocenters. The monoisotopic (exact) mass is 337 g/mol. The van der Waals surface area contributed by atoms with Crippen molar-refractivity contribution >= 4 is 29.2 Å². The lowest BCUT2D eigenvalue weighted by molar-refractivity contribution is 0.109. The Balaban J connectivity index is 1.63. The smallest absolute Gasteiger partial charge is 0.150 e. The van der Waals surface area contributed by atoms with Gasteiger partial charge in [0.15, 0.2) is 12.6 Å². The summed E-state index contributed by atoms with van der Waals surface area (Å²) in [6.45, 7) is 2.81. The lowest BCUT2D eigenvalue weighted by Gasteiger charge is -2.37. The highest BCUT2D eigenvalue weighted by atomic mass is 16.1. The molecule has 1 aromatic heterocycles. The van der Waals surface area contributed by atoms with Crippen molar-refractivity contribution in [3.05, 3.63) is 35.5 Å². The van der Waals surface area contributed by atoms with E-state index in [1.54, 1.807) is 18.3 Å². The topological polar surface area (TPSA) is 76.3 Å². The van der Waals surface area contributed by atoms with Gasteiger partial charge in [0, 0.05) is 41.5 Å². The number of nitrogens with zero attached hydrogens (tertiary/aromatic N) is 2. The van der Waals surface area contributed by atoms with E-state index in [0.717, 1.165) is 61.3 Å². The number of aldehydes is 2. The molecule has 0 radical (unpaired) electrons. The summed E-state index contributed by atoms with van der Waals surface area (Å²) in [6, 6.07) is 5.51. The quantitative estimate of drug-likeness (QED) is 0.849. The Morgan fingerprint density at radius 2 is 1.84 bits per heavy atom. The van der Waals surface area contributed by atoms with E-state index in [1.165, 1.54) is 12.8 Å². The Hall–Kier alpha value is -2.27. The van der Waals surface area contributed by atoms with Crippen molar-refractivity contribution in [2.24, 2.45) is 17.1 Å². The number of carbonyl (C=O) groups excluding carboxylic acids is 2. The fraction of sp³-hybridized carbons (Fsp3) is 0.450.